The minimum Gasteiger partial charge on any atom is -0.450 e. The summed E-state index contributed by atoms with van der Waals surface area (Å²) in [6, 6.07) is 18.2. The molecule has 30 heavy (non-hydrogen) atoms. The lowest BCUT2D eigenvalue weighted by molar-refractivity contribution is 0.0971. The van der Waals surface area contributed by atoms with E-state index in [0.717, 1.165) is 22.8 Å². The van der Waals surface area contributed by atoms with Crippen LogP contribution in [0.2, 0.25) is 0 Å². The summed E-state index contributed by atoms with van der Waals surface area (Å²) < 4.78 is 19.7. The number of amides is 1. The van der Waals surface area contributed by atoms with E-state index >= 15 is 0 Å². The van der Waals surface area contributed by atoms with Gasteiger partial charge in [-0.2, -0.15) is 0 Å². The van der Waals surface area contributed by atoms with Crippen LogP contribution >= 0.6 is 0 Å². The molecule has 0 spiro atoms. The van der Waals surface area contributed by atoms with Crippen molar-refractivity contribution in [1.82, 2.24) is 0 Å². The number of anilines is 1. The highest BCUT2D eigenvalue weighted by atomic mass is 19.1. The molecule has 5 rings (SSSR count). The van der Waals surface area contributed by atoms with Crippen LogP contribution in [0.15, 0.2) is 75.9 Å². The molecule has 5 heteroatoms. The zero-order valence-electron chi connectivity index (χ0n) is 16.5. The van der Waals surface area contributed by atoms with E-state index in [4.69, 9.17) is 4.42 Å². The van der Waals surface area contributed by atoms with E-state index in [0.29, 0.717) is 5.69 Å². The second-order valence-corrected chi connectivity index (χ2v) is 7.57. The lowest BCUT2D eigenvalue weighted by Crippen LogP contribution is -2.29. The standard InChI is InChI=1S/C25H18FNO3/c1-14-8-10-18(12-15(14)2)27-22(16-6-4-3-5-7-16)21-23(28)19-13-17(26)9-11-20(19)30-24(21)25(27)29/h3-13,22H,1-2H3. The molecule has 1 unspecified atom stereocenters. The smallest absolute Gasteiger partial charge is 0.295 e. The number of hydrogen-bond donors (Lipinski definition) is 0. The third-order valence-corrected chi connectivity index (χ3v) is 5.72. The van der Waals surface area contributed by atoms with Gasteiger partial charge < -0.3 is 4.42 Å². The molecule has 0 N–H and O–H groups in total. The Labute approximate surface area is 172 Å². The molecular formula is C25H18FNO3. The van der Waals surface area contributed by atoms with Crippen LogP contribution in [0.4, 0.5) is 10.1 Å². The van der Waals surface area contributed by atoms with E-state index in [9.17, 15) is 14.0 Å². The average molecular weight is 399 g/mol. The molecule has 1 aliphatic heterocycles. The lowest BCUT2D eigenvalue weighted by atomic mass is 9.98. The maximum Gasteiger partial charge on any atom is 0.295 e. The maximum absolute atomic E-state index is 13.8. The zero-order valence-corrected chi connectivity index (χ0v) is 16.5. The van der Waals surface area contributed by atoms with Gasteiger partial charge in [-0.1, -0.05) is 36.4 Å². The Hall–Kier alpha value is -3.73. The summed E-state index contributed by atoms with van der Waals surface area (Å²) in [5.74, 6) is -0.905. The van der Waals surface area contributed by atoms with E-state index in [1.165, 1.54) is 12.1 Å². The number of benzene rings is 3. The summed E-state index contributed by atoms with van der Waals surface area (Å²) in [6.45, 7) is 3.98. The van der Waals surface area contributed by atoms with Crippen LogP contribution < -0.4 is 10.3 Å². The fourth-order valence-electron chi connectivity index (χ4n) is 4.04. The van der Waals surface area contributed by atoms with E-state index in [2.05, 4.69) is 0 Å². The van der Waals surface area contributed by atoms with E-state index < -0.39 is 11.9 Å². The Balaban J connectivity index is 1.82. The Morgan fingerprint density at radius 1 is 0.900 bits per heavy atom. The quantitative estimate of drug-likeness (QED) is 0.460. The molecule has 1 aliphatic rings. The molecule has 4 aromatic rings. The summed E-state index contributed by atoms with van der Waals surface area (Å²) in [7, 11) is 0. The van der Waals surface area contributed by atoms with Gasteiger partial charge in [0.2, 0.25) is 5.76 Å². The largest absolute Gasteiger partial charge is 0.450 e. The molecule has 4 nitrogen and oxygen atoms in total. The molecule has 1 amide bonds. The molecule has 3 aromatic carbocycles. The van der Waals surface area contributed by atoms with Gasteiger partial charge in [0, 0.05) is 5.69 Å². The van der Waals surface area contributed by atoms with Crippen molar-refractivity contribution < 1.29 is 13.6 Å². The minimum absolute atomic E-state index is 0.00573. The van der Waals surface area contributed by atoms with Crippen molar-refractivity contribution >= 4 is 22.6 Å². The van der Waals surface area contributed by atoms with Gasteiger partial charge in [-0.25, -0.2) is 4.39 Å². The zero-order chi connectivity index (χ0) is 21.0. The first kappa shape index (κ1) is 18.3. The van der Waals surface area contributed by atoms with Crippen LogP contribution in [0.25, 0.3) is 11.0 Å². The third-order valence-electron chi connectivity index (χ3n) is 5.72. The Morgan fingerprint density at radius 3 is 2.40 bits per heavy atom. The first-order chi connectivity index (χ1) is 14.5. The Bertz CT molecular complexity index is 1370. The van der Waals surface area contributed by atoms with Crippen LogP contribution in [0.5, 0.6) is 0 Å². The highest BCUT2D eigenvalue weighted by Gasteiger charge is 2.43. The highest BCUT2D eigenvalue weighted by Crippen LogP contribution is 2.41. The second-order valence-electron chi connectivity index (χ2n) is 7.57. The molecule has 0 bridgehead atoms. The number of carbonyl (C=O) groups excluding carboxylic acids is 1. The summed E-state index contributed by atoms with van der Waals surface area (Å²) in [6.07, 6.45) is 0. The Morgan fingerprint density at radius 2 is 1.67 bits per heavy atom. The number of hydrogen-bond acceptors (Lipinski definition) is 3. The number of nitrogens with zero attached hydrogens (tertiary/aromatic N) is 1. The van der Waals surface area contributed by atoms with Gasteiger partial charge >= 0.3 is 0 Å². The Kier molecular flexibility index (Phi) is 4.07. The highest BCUT2D eigenvalue weighted by molar-refractivity contribution is 6.10. The van der Waals surface area contributed by atoms with Gasteiger partial charge in [0.05, 0.1) is 17.0 Å². The number of fused-ring (bicyclic) bond motifs is 2. The average Bonchev–Trinajstić information content (AvgIpc) is 3.04. The molecule has 1 aromatic heterocycles. The molecule has 0 aliphatic carbocycles. The van der Waals surface area contributed by atoms with Gasteiger partial charge in [0.1, 0.15) is 11.4 Å². The van der Waals surface area contributed by atoms with Crippen molar-refractivity contribution in [2.24, 2.45) is 0 Å². The van der Waals surface area contributed by atoms with Gasteiger partial charge in [0.15, 0.2) is 5.43 Å². The van der Waals surface area contributed by atoms with Crippen molar-refractivity contribution in [3.05, 3.63) is 111 Å². The molecule has 0 saturated heterocycles. The molecule has 0 radical (unpaired) electrons. The summed E-state index contributed by atoms with van der Waals surface area (Å²) in [5, 5.41) is 0.129. The predicted octanol–water partition coefficient (Wildman–Crippen LogP) is 5.30. The molecule has 148 valence electrons. The van der Waals surface area contributed by atoms with Crippen molar-refractivity contribution in [2.75, 3.05) is 4.90 Å². The molecule has 0 fully saturated rings. The van der Waals surface area contributed by atoms with Crippen LogP contribution in [-0.2, 0) is 0 Å². The van der Waals surface area contributed by atoms with Gasteiger partial charge in [0.25, 0.3) is 5.91 Å². The molecular weight excluding hydrogens is 381 g/mol. The fraction of sp³-hybridized carbons (Fsp3) is 0.120. The molecule has 2 heterocycles. The normalized spacial score (nSPS) is 15.6. The van der Waals surface area contributed by atoms with Crippen molar-refractivity contribution in [2.45, 2.75) is 19.9 Å². The summed E-state index contributed by atoms with van der Waals surface area (Å²) in [4.78, 5) is 28.4. The van der Waals surface area contributed by atoms with Crippen LogP contribution in [0.1, 0.15) is 38.9 Å². The van der Waals surface area contributed by atoms with E-state index in [-0.39, 0.29) is 33.6 Å². The fourth-order valence-corrected chi connectivity index (χ4v) is 4.04. The third kappa shape index (κ3) is 2.66. The second kappa shape index (κ2) is 6.66. The maximum atomic E-state index is 13.8. The van der Waals surface area contributed by atoms with Crippen molar-refractivity contribution in [1.29, 1.82) is 0 Å². The number of aryl methyl sites for hydroxylation is 2. The topological polar surface area (TPSA) is 50.5 Å². The van der Waals surface area contributed by atoms with E-state index in [1.807, 2.05) is 62.4 Å². The van der Waals surface area contributed by atoms with Crippen LogP contribution in [0.3, 0.4) is 0 Å². The lowest BCUT2D eigenvalue weighted by Gasteiger charge is -2.25. The first-order valence-corrected chi connectivity index (χ1v) is 9.67. The first-order valence-electron chi connectivity index (χ1n) is 9.67. The van der Waals surface area contributed by atoms with Crippen LogP contribution in [0, 0.1) is 19.7 Å². The summed E-state index contributed by atoms with van der Waals surface area (Å²) in [5.41, 5.74) is 3.65. The van der Waals surface area contributed by atoms with Crippen LogP contribution in [-0.4, -0.2) is 5.91 Å². The van der Waals surface area contributed by atoms with Crippen molar-refractivity contribution in [3.63, 3.8) is 0 Å². The minimum atomic E-state index is -0.653. The molecule has 1 atom stereocenters. The predicted molar refractivity (Wildman–Crippen MR) is 113 cm³/mol. The molecule has 0 saturated carbocycles. The van der Waals surface area contributed by atoms with E-state index in [1.54, 1.807) is 4.90 Å². The number of carbonyl (C=O) groups is 1. The van der Waals surface area contributed by atoms with Gasteiger partial charge in [-0.15, -0.1) is 0 Å². The SMILES string of the molecule is Cc1ccc(N2C(=O)c3oc4ccc(F)cc4c(=O)c3C2c2ccccc2)cc1C. The van der Waals surface area contributed by atoms with Crippen molar-refractivity contribution in [3.8, 4) is 0 Å². The number of halogens is 1. The number of rotatable bonds is 2. The monoisotopic (exact) mass is 399 g/mol. The van der Waals surface area contributed by atoms with Gasteiger partial charge in [-0.05, 0) is 60.9 Å². The summed E-state index contributed by atoms with van der Waals surface area (Å²) >= 11 is 0. The van der Waals surface area contributed by atoms with Gasteiger partial charge in [-0.3, -0.25) is 14.5 Å².